The molecule has 1 aliphatic heterocycles. The average Bonchev–Trinajstić information content (AvgIpc) is 3.20. The van der Waals surface area contributed by atoms with Crippen LogP contribution in [-0.4, -0.2) is 76.7 Å². The fourth-order valence-corrected chi connectivity index (χ4v) is 4.52. The van der Waals surface area contributed by atoms with E-state index in [1.165, 1.54) is 30.0 Å². The number of rotatable bonds is 9. The minimum absolute atomic E-state index is 0.0280. The van der Waals surface area contributed by atoms with Gasteiger partial charge in [0, 0.05) is 25.6 Å². The van der Waals surface area contributed by atoms with E-state index in [0.29, 0.717) is 5.56 Å². The zero-order valence-corrected chi connectivity index (χ0v) is 20.9. The number of nitrogens with one attached hydrogen (secondary N) is 2. The Labute approximate surface area is 217 Å². The largest absolute Gasteiger partial charge is 0.504 e. The van der Waals surface area contributed by atoms with E-state index in [2.05, 4.69) is 5.43 Å². The van der Waals surface area contributed by atoms with E-state index in [1.54, 1.807) is 13.8 Å². The van der Waals surface area contributed by atoms with Crippen LogP contribution in [0.4, 0.5) is 5.69 Å². The van der Waals surface area contributed by atoms with Crippen LogP contribution in [0.1, 0.15) is 37.9 Å². The number of aromatic hydroxyl groups is 4. The standard InChI is InChI=1S/C24H29N5O9/c1-4-27(5-2)22(34)18-19(13-9-14(29(37)38)20(33)17(32)10-13)26-28(21(18)25)24(3,23(35)36)11-12-6-7-15(30)16(31)8-12/h6-10,18-19,25-26,30-33H,4-5,11H2,1-3H3,(H,35,36). The van der Waals surface area contributed by atoms with Gasteiger partial charge in [-0.2, -0.15) is 0 Å². The lowest BCUT2D eigenvalue weighted by Crippen LogP contribution is -2.59. The van der Waals surface area contributed by atoms with E-state index in [4.69, 9.17) is 5.41 Å². The normalized spacial score (nSPS) is 18.7. The van der Waals surface area contributed by atoms with Crippen LogP contribution in [0.25, 0.3) is 0 Å². The number of benzene rings is 2. The maximum atomic E-state index is 13.5. The third-order valence-corrected chi connectivity index (χ3v) is 6.67. The van der Waals surface area contributed by atoms with Gasteiger partial charge in [0.05, 0.1) is 11.0 Å². The number of carboxylic acids is 1. The van der Waals surface area contributed by atoms with E-state index in [9.17, 15) is 45.2 Å². The van der Waals surface area contributed by atoms with E-state index in [1.807, 2.05) is 0 Å². The zero-order chi connectivity index (χ0) is 28.5. The number of hydrogen-bond donors (Lipinski definition) is 7. The Bertz CT molecular complexity index is 1300. The van der Waals surface area contributed by atoms with Crippen molar-refractivity contribution in [2.45, 2.75) is 38.8 Å². The number of hydrazine groups is 1. The minimum Gasteiger partial charge on any atom is -0.504 e. The molecule has 1 amide bonds. The third kappa shape index (κ3) is 4.85. The van der Waals surface area contributed by atoms with Gasteiger partial charge in [0.25, 0.3) is 0 Å². The molecule has 0 radical (unpaired) electrons. The molecular weight excluding hydrogens is 502 g/mol. The number of carbonyl (C=O) groups is 2. The number of phenolic OH excluding ortho intramolecular Hbond substituents is 4. The molecule has 14 heteroatoms. The Morgan fingerprint density at radius 1 is 1.11 bits per heavy atom. The third-order valence-electron chi connectivity index (χ3n) is 6.67. The summed E-state index contributed by atoms with van der Waals surface area (Å²) in [5.74, 6) is -6.40. The van der Waals surface area contributed by atoms with Crippen LogP contribution in [-0.2, 0) is 16.0 Å². The first-order valence-corrected chi connectivity index (χ1v) is 11.6. The Hall–Kier alpha value is -4.59. The summed E-state index contributed by atoms with van der Waals surface area (Å²) < 4.78 is 0. The number of carboxylic acid groups (broad SMARTS) is 1. The molecule has 14 nitrogen and oxygen atoms in total. The van der Waals surface area contributed by atoms with E-state index < -0.39 is 68.8 Å². The van der Waals surface area contributed by atoms with Crippen LogP contribution in [0.2, 0.25) is 0 Å². The number of amidine groups is 1. The van der Waals surface area contributed by atoms with Crippen molar-refractivity contribution < 1.29 is 40.0 Å². The summed E-state index contributed by atoms with van der Waals surface area (Å²) in [6, 6.07) is 4.50. The molecule has 0 aliphatic carbocycles. The monoisotopic (exact) mass is 531 g/mol. The molecule has 0 bridgehead atoms. The second-order valence-electron chi connectivity index (χ2n) is 9.06. The summed E-state index contributed by atoms with van der Waals surface area (Å²) in [5, 5.41) is 71.1. The fourth-order valence-electron chi connectivity index (χ4n) is 4.52. The Morgan fingerprint density at radius 2 is 1.74 bits per heavy atom. The van der Waals surface area contributed by atoms with Crippen LogP contribution < -0.4 is 5.43 Å². The number of nitro groups is 1. The second-order valence-corrected chi connectivity index (χ2v) is 9.06. The smallest absolute Gasteiger partial charge is 0.331 e. The van der Waals surface area contributed by atoms with Gasteiger partial charge in [-0.15, -0.1) is 0 Å². The molecule has 204 valence electrons. The van der Waals surface area contributed by atoms with E-state index in [-0.39, 0.29) is 25.1 Å². The Morgan fingerprint density at radius 3 is 2.26 bits per heavy atom. The van der Waals surface area contributed by atoms with Gasteiger partial charge >= 0.3 is 11.7 Å². The molecule has 1 heterocycles. The van der Waals surface area contributed by atoms with Crippen molar-refractivity contribution in [2.75, 3.05) is 13.1 Å². The number of hydrogen-bond acceptors (Lipinski definition) is 10. The predicted octanol–water partition coefficient (Wildman–Crippen LogP) is 1.83. The Kier molecular flexibility index (Phi) is 7.67. The lowest BCUT2D eigenvalue weighted by atomic mass is 9.89. The first kappa shape index (κ1) is 28.0. The number of nitro benzene ring substituents is 1. The molecule has 3 atom stereocenters. The molecule has 1 aliphatic rings. The first-order chi connectivity index (χ1) is 17.8. The molecule has 0 saturated carbocycles. The van der Waals surface area contributed by atoms with Gasteiger partial charge < -0.3 is 30.4 Å². The summed E-state index contributed by atoms with van der Waals surface area (Å²) in [7, 11) is 0. The van der Waals surface area contributed by atoms with Crippen LogP contribution >= 0.6 is 0 Å². The highest BCUT2D eigenvalue weighted by Crippen LogP contribution is 2.43. The maximum absolute atomic E-state index is 13.5. The lowest BCUT2D eigenvalue weighted by molar-refractivity contribution is -0.386. The van der Waals surface area contributed by atoms with Crippen LogP contribution in [0, 0.1) is 21.4 Å². The molecule has 3 unspecified atom stereocenters. The SMILES string of the molecule is CCN(CC)C(=O)C1C(=N)N(C(C)(Cc2ccc(O)c(O)c2)C(=O)O)NC1c1cc(O)c(O)c([N+](=O)[O-])c1. The van der Waals surface area contributed by atoms with Crippen molar-refractivity contribution in [3.05, 3.63) is 51.6 Å². The summed E-state index contributed by atoms with van der Waals surface area (Å²) in [6.45, 7) is 5.27. The van der Waals surface area contributed by atoms with Crippen LogP contribution in [0.3, 0.4) is 0 Å². The van der Waals surface area contributed by atoms with Crippen molar-refractivity contribution >= 4 is 23.4 Å². The quantitative estimate of drug-likeness (QED) is 0.140. The highest BCUT2D eigenvalue weighted by Gasteiger charge is 2.53. The van der Waals surface area contributed by atoms with Gasteiger partial charge in [0.2, 0.25) is 11.7 Å². The van der Waals surface area contributed by atoms with Crippen molar-refractivity contribution in [1.29, 1.82) is 5.41 Å². The molecule has 7 N–H and O–H groups in total. The van der Waals surface area contributed by atoms with Gasteiger partial charge in [-0.1, -0.05) is 6.07 Å². The number of carbonyl (C=O) groups excluding carboxylic acids is 1. The maximum Gasteiger partial charge on any atom is 0.331 e. The summed E-state index contributed by atoms with van der Waals surface area (Å²) in [6.07, 6.45) is -0.286. The molecule has 2 aromatic carbocycles. The van der Waals surface area contributed by atoms with Gasteiger partial charge in [-0.05, 0) is 50.1 Å². The molecule has 3 rings (SSSR count). The summed E-state index contributed by atoms with van der Waals surface area (Å²) in [4.78, 5) is 38.0. The van der Waals surface area contributed by atoms with Crippen molar-refractivity contribution in [1.82, 2.24) is 15.3 Å². The molecule has 2 aromatic rings. The van der Waals surface area contributed by atoms with Gasteiger partial charge in [0.15, 0.2) is 22.8 Å². The minimum atomic E-state index is -1.91. The van der Waals surface area contributed by atoms with Crippen molar-refractivity contribution in [3.8, 4) is 23.0 Å². The molecule has 0 aromatic heterocycles. The van der Waals surface area contributed by atoms with E-state index in [0.717, 1.165) is 17.1 Å². The fraction of sp³-hybridized carbons (Fsp3) is 0.375. The Balaban J connectivity index is 2.15. The summed E-state index contributed by atoms with van der Waals surface area (Å²) in [5.41, 5.74) is 0.349. The van der Waals surface area contributed by atoms with Crippen LogP contribution in [0.15, 0.2) is 30.3 Å². The number of aliphatic carboxylic acids is 1. The average molecular weight is 532 g/mol. The van der Waals surface area contributed by atoms with Crippen molar-refractivity contribution in [3.63, 3.8) is 0 Å². The topological polar surface area (TPSA) is 221 Å². The van der Waals surface area contributed by atoms with Gasteiger partial charge in [-0.25, -0.2) is 10.2 Å². The summed E-state index contributed by atoms with van der Waals surface area (Å²) >= 11 is 0. The molecular formula is C24H29N5O9. The van der Waals surface area contributed by atoms with Gasteiger partial charge in [-0.3, -0.25) is 25.3 Å². The zero-order valence-electron chi connectivity index (χ0n) is 20.9. The number of amides is 1. The predicted molar refractivity (Wildman–Crippen MR) is 133 cm³/mol. The molecule has 1 saturated heterocycles. The van der Waals surface area contributed by atoms with Crippen molar-refractivity contribution in [2.24, 2.45) is 5.92 Å². The molecule has 1 fully saturated rings. The lowest BCUT2D eigenvalue weighted by Gasteiger charge is -2.36. The van der Waals surface area contributed by atoms with Gasteiger partial charge in [0.1, 0.15) is 11.8 Å². The number of nitrogens with zero attached hydrogens (tertiary/aromatic N) is 3. The highest BCUT2D eigenvalue weighted by atomic mass is 16.6. The van der Waals surface area contributed by atoms with E-state index >= 15 is 0 Å². The highest BCUT2D eigenvalue weighted by molar-refractivity contribution is 6.05. The molecule has 38 heavy (non-hydrogen) atoms. The van der Waals surface area contributed by atoms with Crippen LogP contribution in [0.5, 0.6) is 23.0 Å². The second kappa shape index (κ2) is 10.4. The number of phenols is 4. The first-order valence-electron chi connectivity index (χ1n) is 11.6. The molecule has 0 spiro atoms.